The number of benzene rings is 1. The van der Waals surface area contributed by atoms with Crippen molar-refractivity contribution in [2.24, 2.45) is 0 Å². The van der Waals surface area contributed by atoms with E-state index in [1.54, 1.807) is 6.20 Å². The number of nitrogens with zero attached hydrogens (tertiary/aromatic N) is 4. The molecule has 25 heavy (non-hydrogen) atoms. The molecule has 1 aromatic carbocycles. The van der Waals surface area contributed by atoms with Gasteiger partial charge in [-0.1, -0.05) is 18.2 Å². The Kier molecular flexibility index (Phi) is 4.43. The van der Waals surface area contributed by atoms with Gasteiger partial charge in [0.25, 0.3) is 0 Å². The van der Waals surface area contributed by atoms with Crippen LogP contribution >= 0.6 is 0 Å². The number of piperidine rings is 1. The summed E-state index contributed by atoms with van der Waals surface area (Å²) in [6, 6.07) is 6.77. The van der Waals surface area contributed by atoms with E-state index in [0.29, 0.717) is 6.04 Å². The van der Waals surface area contributed by atoms with Crippen molar-refractivity contribution in [2.75, 3.05) is 25.0 Å². The maximum Gasteiger partial charge on any atom is 0.225 e. The number of nitrogens with one attached hydrogen (secondary N) is 2. The molecule has 0 radical (unpaired) electrons. The Bertz CT molecular complexity index is 865. The molecule has 0 atom stereocenters. The lowest BCUT2D eigenvalue weighted by Crippen LogP contribution is -2.41. The SMILES string of the molecule is CN(c1ncc2cc(/C=C/c3cn[nH]c3)ccc2n1)C1CCNCC1. The minimum atomic E-state index is 0.510. The van der Waals surface area contributed by atoms with Gasteiger partial charge in [-0.3, -0.25) is 5.10 Å². The summed E-state index contributed by atoms with van der Waals surface area (Å²) in [6.45, 7) is 2.13. The van der Waals surface area contributed by atoms with Gasteiger partial charge in [-0.05, 0) is 43.6 Å². The number of fused-ring (bicyclic) bond motifs is 1. The Balaban J connectivity index is 1.56. The van der Waals surface area contributed by atoms with Crippen LogP contribution in [0.5, 0.6) is 0 Å². The topological polar surface area (TPSA) is 69.7 Å². The van der Waals surface area contributed by atoms with Gasteiger partial charge < -0.3 is 10.2 Å². The normalized spacial score (nSPS) is 15.9. The van der Waals surface area contributed by atoms with Gasteiger partial charge in [0.2, 0.25) is 5.95 Å². The zero-order valence-electron chi connectivity index (χ0n) is 14.3. The van der Waals surface area contributed by atoms with E-state index in [0.717, 1.165) is 53.9 Å². The zero-order chi connectivity index (χ0) is 17.1. The smallest absolute Gasteiger partial charge is 0.225 e. The standard InChI is InChI=1S/C19H22N6/c1-25(17-6-8-20-9-7-17)19-21-13-16-10-14(4-5-18(16)24-19)2-3-15-11-22-23-12-15/h2-5,10-13,17,20H,6-9H2,1H3,(H,22,23)/b3-2+. The second kappa shape index (κ2) is 7.03. The summed E-state index contributed by atoms with van der Waals surface area (Å²) < 4.78 is 0. The van der Waals surface area contributed by atoms with E-state index in [1.807, 2.05) is 18.5 Å². The lowest BCUT2D eigenvalue weighted by molar-refractivity contribution is 0.440. The molecule has 3 aromatic rings. The van der Waals surface area contributed by atoms with E-state index < -0.39 is 0 Å². The van der Waals surface area contributed by atoms with Crippen molar-refractivity contribution in [3.63, 3.8) is 0 Å². The van der Waals surface area contributed by atoms with E-state index in [1.165, 1.54) is 0 Å². The van der Waals surface area contributed by atoms with Gasteiger partial charge in [0.1, 0.15) is 0 Å². The Hall–Kier alpha value is -2.73. The molecule has 6 nitrogen and oxygen atoms in total. The van der Waals surface area contributed by atoms with Crippen molar-refractivity contribution in [1.29, 1.82) is 0 Å². The molecule has 4 rings (SSSR count). The molecular weight excluding hydrogens is 312 g/mol. The Morgan fingerprint density at radius 2 is 1.96 bits per heavy atom. The first kappa shape index (κ1) is 15.8. The van der Waals surface area contributed by atoms with E-state index in [4.69, 9.17) is 4.98 Å². The largest absolute Gasteiger partial charge is 0.341 e. The van der Waals surface area contributed by atoms with E-state index >= 15 is 0 Å². The second-order valence-electron chi connectivity index (χ2n) is 6.45. The Morgan fingerprint density at radius 3 is 2.76 bits per heavy atom. The van der Waals surface area contributed by atoms with Crippen LogP contribution < -0.4 is 10.2 Å². The summed E-state index contributed by atoms with van der Waals surface area (Å²) in [7, 11) is 2.10. The lowest BCUT2D eigenvalue weighted by Gasteiger charge is -2.31. The number of hydrogen-bond acceptors (Lipinski definition) is 5. The number of hydrogen-bond donors (Lipinski definition) is 2. The molecule has 1 aliphatic heterocycles. The molecule has 0 amide bonds. The number of anilines is 1. The third kappa shape index (κ3) is 3.53. The van der Waals surface area contributed by atoms with Gasteiger partial charge in [-0.15, -0.1) is 0 Å². The molecule has 1 saturated heterocycles. The summed E-state index contributed by atoms with van der Waals surface area (Å²) >= 11 is 0. The van der Waals surface area contributed by atoms with Crippen LogP contribution in [0.1, 0.15) is 24.0 Å². The maximum atomic E-state index is 4.76. The van der Waals surface area contributed by atoms with Crippen LogP contribution in [-0.2, 0) is 0 Å². The third-order valence-corrected chi connectivity index (χ3v) is 4.75. The van der Waals surface area contributed by atoms with Gasteiger partial charge in [0.05, 0.1) is 11.7 Å². The molecule has 0 saturated carbocycles. The fourth-order valence-corrected chi connectivity index (χ4v) is 3.22. The first-order valence-corrected chi connectivity index (χ1v) is 8.67. The fraction of sp³-hybridized carbons (Fsp3) is 0.316. The molecule has 2 N–H and O–H groups in total. The highest BCUT2D eigenvalue weighted by Gasteiger charge is 2.19. The summed E-state index contributed by atoms with van der Waals surface area (Å²) in [5.41, 5.74) is 3.15. The van der Waals surface area contributed by atoms with Crippen molar-refractivity contribution < 1.29 is 0 Å². The molecule has 2 aromatic heterocycles. The predicted octanol–water partition coefficient (Wildman–Crippen LogP) is 2.71. The summed E-state index contributed by atoms with van der Waals surface area (Å²) in [5.74, 6) is 0.807. The van der Waals surface area contributed by atoms with E-state index in [2.05, 4.69) is 56.7 Å². The molecule has 0 bridgehead atoms. The highest BCUT2D eigenvalue weighted by atomic mass is 15.3. The Morgan fingerprint density at radius 1 is 1.12 bits per heavy atom. The number of aromatic amines is 1. The minimum absolute atomic E-state index is 0.510. The molecule has 1 aliphatic rings. The van der Waals surface area contributed by atoms with Crippen molar-refractivity contribution >= 4 is 29.0 Å². The van der Waals surface area contributed by atoms with Crippen molar-refractivity contribution in [2.45, 2.75) is 18.9 Å². The quantitative estimate of drug-likeness (QED) is 0.768. The first-order chi connectivity index (χ1) is 12.3. The van der Waals surface area contributed by atoms with Crippen LogP contribution in [0.3, 0.4) is 0 Å². The molecule has 0 spiro atoms. The highest BCUT2D eigenvalue weighted by Crippen LogP contribution is 2.20. The van der Waals surface area contributed by atoms with Crippen molar-refractivity contribution in [3.8, 4) is 0 Å². The fourth-order valence-electron chi connectivity index (χ4n) is 3.22. The molecule has 0 aliphatic carbocycles. The van der Waals surface area contributed by atoms with Crippen molar-refractivity contribution in [3.05, 3.63) is 47.9 Å². The first-order valence-electron chi connectivity index (χ1n) is 8.67. The second-order valence-corrected chi connectivity index (χ2v) is 6.45. The summed E-state index contributed by atoms with van der Waals surface area (Å²) in [6.07, 6.45) is 12.0. The van der Waals surface area contributed by atoms with Gasteiger partial charge in [0.15, 0.2) is 0 Å². The Labute approximate surface area is 147 Å². The van der Waals surface area contributed by atoms with E-state index in [-0.39, 0.29) is 0 Å². The maximum absolute atomic E-state index is 4.76. The number of H-pyrrole nitrogens is 1. The molecule has 6 heteroatoms. The highest BCUT2D eigenvalue weighted by molar-refractivity contribution is 5.83. The van der Waals surface area contributed by atoms with Crippen molar-refractivity contribution in [1.82, 2.24) is 25.5 Å². The molecule has 1 fully saturated rings. The number of aromatic nitrogens is 4. The molecule has 128 valence electrons. The molecule has 3 heterocycles. The lowest BCUT2D eigenvalue weighted by atomic mass is 10.1. The molecular formula is C19H22N6. The van der Waals surface area contributed by atoms with E-state index in [9.17, 15) is 0 Å². The minimum Gasteiger partial charge on any atom is -0.341 e. The monoisotopic (exact) mass is 334 g/mol. The van der Waals surface area contributed by atoms with Gasteiger partial charge in [-0.25, -0.2) is 9.97 Å². The zero-order valence-corrected chi connectivity index (χ0v) is 14.3. The number of rotatable bonds is 4. The van der Waals surface area contributed by atoms with Crippen LogP contribution in [0.25, 0.3) is 23.1 Å². The van der Waals surface area contributed by atoms with Crippen LogP contribution in [0.2, 0.25) is 0 Å². The predicted molar refractivity (Wildman–Crippen MR) is 101 cm³/mol. The van der Waals surface area contributed by atoms with Gasteiger partial charge in [0, 0.05) is 36.4 Å². The average molecular weight is 334 g/mol. The summed E-state index contributed by atoms with van der Waals surface area (Å²) in [5, 5.41) is 11.2. The van der Waals surface area contributed by atoms with Crippen LogP contribution in [0.15, 0.2) is 36.8 Å². The summed E-state index contributed by atoms with van der Waals surface area (Å²) in [4.78, 5) is 11.6. The van der Waals surface area contributed by atoms with Crippen LogP contribution in [0.4, 0.5) is 5.95 Å². The third-order valence-electron chi connectivity index (χ3n) is 4.75. The van der Waals surface area contributed by atoms with Gasteiger partial charge >= 0.3 is 0 Å². The van der Waals surface area contributed by atoms with Gasteiger partial charge in [-0.2, -0.15) is 5.10 Å². The molecule has 0 unspecified atom stereocenters. The van der Waals surface area contributed by atoms with Crippen LogP contribution in [0, 0.1) is 0 Å². The average Bonchev–Trinajstić information content (AvgIpc) is 3.19. The van der Waals surface area contributed by atoms with Crippen LogP contribution in [-0.4, -0.2) is 46.3 Å².